The largest absolute Gasteiger partial charge is 0.507 e. The van der Waals surface area contributed by atoms with Crippen LogP contribution in [0.3, 0.4) is 0 Å². The van der Waals surface area contributed by atoms with Gasteiger partial charge in [-0.2, -0.15) is 0 Å². The zero-order valence-electron chi connectivity index (χ0n) is 11.5. The molecule has 0 amide bonds. The van der Waals surface area contributed by atoms with E-state index in [1.54, 1.807) is 19.2 Å². The molecule has 0 aliphatic heterocycles. The molecule has 3 N–H and O–H groups in total. The van der Waals surface area contributed by atoms with Gasteiger partial charge in [-0.1, -0.05) is 25.9 Å². The molecule has 0 aliphatic carbocycles. The fourth-order valence-corrected chi connectivity index (χ4v) is 1.90. The first-order valence-electron chi connectivity index (χ1n) is 5.97. The maximum atomic E-state index is 10.4. The molecule has 0 fully saturated rings. The van der Waals surface area contributed by atoms with Crippen LogP contribution in [0, 0.1) is 0 Å². The van der Waals surface area contributed by atoms with E-state index < -0.39 is 0 Å². The van der Waals surface area contributed by atoms with Gasteiger partial charge in [-0.05, 0) is 17.5 Å². The first-order chi connectivity index (χ1) is 8.82. The lowest BCUT2D eigenvalue weighted by atomic mass is 9.84. The number of phenols is 1. The van der Waals surface area contributed by atoms with Crippen LogP contribution in [0.5, 0.6) is 11.5 Å². The highest BCUT2D eigenvalue weighted by atomic mass is 16.5. The second kappa shape index (κ2) is 4.50. The van der Waals surface area contributed by atoms with Crippen molar-refractivity contribution < 1.29 is 14.4 Å². The highest BCUT2D eigenvalue weighted by Gasteiger charge is 2.23. The normalized spacial score (nSPS) is 11.6. The number of aromatic hydroxyl groups is 1. The molecule has 0 unspecified atom stereocenters. The molecule has 0 bridgehead atoms. The lowest BCUT2D eigenvalue weighted by Gasteiger charge is -2.22. The maximum Gasteiger partial charge on any atom is 0.172 e. The zero-order valence-corrected chi connectivity index (χ0v) is 11.5. The van der Waals surface area contributed by atoms with Crippen molar-refractivity contribution in [1.82, 2.24) is 5.16 Å². The number of benzene rings is 1. The van der Waals surface area contributed by atoms with Crippen LogP contribution >= 0.6 is 0 Å². The van der Waals surface area contributed by atoms with Crippen LogP contribution in [-0.2, 0) is 5.41 Å². The monoisotopic (exact) mass is 262 g/mol. The number of nitrogen functional groups attached to an aromatic ring is 1. The summed E-state index contributed by atoms with van der Waals surface area (Å²) in [4.78, 5) is 0. The Hall–Kier alpha value is -2.17. The summed E-state index contributed by atoms with van der Waals surface area (Å²) in [6, 6.07) is 5.09. The third kappa shape index (κ3) is 2.50. The topological polar surface area (TPSA) is 81.5 Å². The Bertz CT molecular complexity index is 597. The average molecular weight is 262 g/mol. The molecule has 0 spiro atoms. The summed E-state index contributed by atoms with van der Waals surface area (Å²) in [6.45, 7) is 6.04. The summed E-state index contributed by atoms with van der Waals surface area (Å²) in [5.41, 5.74) is 6.62. The minimum atomic E-state index is -0.223. The summed E-state index contributed by atoms with van der Waals surface area (Å²) in [6.07, 6.45) is 0. The van der Waals surface area contributed by atoms with Gasteiger partial charge in [0.15, 0.2) is 11.6 Å². The van der Waals surface area contributed by atoms with Crippen molar-refractivity contribution >= 4 is 5.82 Å². The van der Waals surface area contributed by atoms with Crippen molar-refractivity contribution in [2.75, 3.05) is 12.8 Å². The maximum absolute atomic E-state index is 10.4. The van der Waals surface area contributed by atoms with Crippen LogP contribution in [0.1, 0.15) is 26.3 Å². The van der Waals surface area contributed by atoms with Crippen molar-refractivity contribution in [3.8, 4) is 22.8 Å². The number of nitrogens with two attached hydrogens (primary N) is 1. The number of rotatable bonds is 2. The Balaban J connectivity index is 2.67. The number of phenolic OH excluding ortho intramolecular Hbond substituents is 1. The van der Waals surface area contributed by atoms with Gasteiger partial charge in [0.25, 0.3) is 0 Å². The van der Waals surface area contributed by atoms with E-state index in [2.05, 4.69) is 5.16 Å². The van der Waals surface area contributed by atoms with E-state index in [4.69, 9.17) is 15.0 Å². The SMILES string of the molecule is COc1cc(-c2cc(N)no2)c(O)c(C(C)(C)C)c1. The fourth-order valence-electron chi connectivity index (χ4n) is 1.90. The molecule has 5 nitrogen and oxygen atoms in total. The van der Waals surface area contributed by atoms with Gasteiger partial charge < -0.3 is 20.1 Å². The predicted octanol–water partition coefficient (Wildman–Crippen LogP) is 2.94. The average Bonchev–Trinajstić information content (AvgIpc) is 2.74. The van der Waals surface area contributed by atoms with Crippen molar-refractivity contribution in [2.45, 2.75) is 26.2 Å². The van der Waals surface area contributed by atoms with Crippen molar-refractivity contribution in [1.29, 1.82) is 0 Å². The first-order valence-corrected chi connectivity index (χ1v) is 5.97. The minimum Gasteiger partial charge on any atom is -0.507 e. The van der Waals surface area contributed by atoms with E-state index >= 15 is 0 Å². The molecule has 19 heavy (non-hydrogen) atoms. The van der Waals surface area contributed by atoms with Gasteiger partial charge in [-0.25, -0.2) is 0 Å². The van der Waals surface area contributed by atoms with Crippen LogP contribution in [0.4, 0.5) is 5.82 Å². The summed E-state index contributed by atoms with van der Waals surface area (Å²) < 4.78 is 10.4. The van der Waals surface area contributed by atoms with Crippen molar-refractivity contribution in [3.63, 3.8) is 0 Å². The molecule has 102 valence electrons. The third-order valence-corrected chi connectivity index (χ3v) is 2.92. The Morgan fingerprint density at radius 1 is 1.26 bits per heavy atom. The van der Waals surface area contributed by atoms with Crippen LogP contribution < -0.4 is 10.5 Å². The molecular weight excluding hydrogens is 244 g/mol. The number of hydrogen-bond donors (Lipinski definition) is 2. The molecule has 0 saturated carbocycles. The van der Waals surface area contributed by atoms with Crippen LogP contribution in [0.25, 0.3) is 11.3 Å². The summed E-state index contributed by atoms with van der Waals surface area (Å²) in [5.74, 6) is 1.49. The van der Waals surface area contributed by atoms with Crippen LogP contribution in [0.15, 0.2) is 22.7 Å². The van der Waals surface area contributed by atoms with Crippen LogP contribution in [0.2, 0.25) is 0 Å². The van der Waals surface area contributed by atoms with Crippen LogP contribution in [-0.4, -0.2) is 17.4 Å². The standard InChI is InChI=1S/C14H18N2O3/c1-14(2,3)10-6-8(18-4)5-9(13(10)17)11-7-12(15)16-19-11/h5-7,17H,1-4H3,(H2,15,16). The highest BCUT2D eigenvalue weighted by Crippen LogP contribution is 2.41. The Morgan fingerprint density at radius 3 is 2.42 bits per heavy atom. The van der Waals surface area contributed by atoms with Gasteiger partial charge in [-0.15, -0.1) is 0 Å². The van der Waals surface area contributed by atoms with E-state index in [0.717, 1.165) is 5.56 Å². The molecule has 1 aromatic carbocycles. The molecular formula is C14H18N2O3. The van der Waals surface area contributed by atoms with E-state index in [1.165, 1.54) is 0 Å². The fraction of sp³-hybridized carbons (Fsp3) is 0.357. The quantitative estimate of drug-likeness (QED) is 0.869. The van der Waals surface area contributed by atoms with Gasteiger partial charge in [0.1, 0.15) is 11.5 Å². The van der Waals surface area contributed by atoms with Crippen molar-refractivity contribution in [2.24, 2.45) is 0 Å². The molecule has 0 saturated heterocycles. The van der Waals surface area contributed by atoms with E-state index in [0.29, 0.717) is 17.1 Å². The number of ether oxygens (including phenoxy) is 1. The third-order valence-electron chi connectivity index (χ3n) is 2.92. The summed E-state index contributed by atoms with van der Waals surface area (Å²) in [7, 11) is 1.58. The Morgan fingerprint density at radius 2 is 1.95 bits per heavy atom. The highest BCUT2D eigenvalue weighted by molar-refractivity contribution is 5.71. The Kier molecular flexibility index (Phi) is 3.14. The van der Waals surface area contributed by atoms with E-state index in [-0.39, 0.29) is 17.0 Å². The van der Waals surface area contributed by atoms with Gasteiger partial charge in [0, 0.05) is 11.6 Å². The molecule has 2 aromatic rings. The van der Waals surface area contributed by atoms with Gasteiger partial charge >= 0.3 is 0 Å². The second-order valence-electron chi connectivity index (χ2n) is 5.44. The molecule has 0 radical (unpaired) electrons. The zero-order chi connectivity index (χ0) is 14.2. The Labute approximate surface area is 112 Å². The number of nitrogens with zero attached hydrogens (tertiary/aromatic N) is 1. The van der Waals surface area contributed by atoms with E-state index in [1.807, 2.05) is 26.8 Å². The lowest BCUT2D eigenvalue weighted by molar-refractivity contribution is 0.402. The predicted molar refractivity (Wildman–Crippen MR) is 73.3 cm³/mol. The summed E-state index contributed by atoms with van der Waals surface area (Å²) >= 11 is 0. The molecule has 1 aromatic heterocycles. The molecule has 5 heteroatoms. The molecule has 0 atom stereocenters. The van der Waals surface area contributed by atoms with Crippen molar-refractivity contribution in [3.05, 3.63) is 23.8 Å². The summed E-state index contributed by atoms with van der Waals surface area (Å²) in [5, 5.41) is 14.1. The number of aromatic nitrogens is 1. The van der Waals surface area contributed by atoms with Gasteiger partial charge in [0.05, 0.1) is 12.7 Å². The molecule has 0 aliphatic rings. The minimum absolute atomic E-state index is 0.157. The van der Waals surface area contributed by atoms with Gasteiger partial charge in [0.2, 0.25) is 0 Å². The number of hydrogen-bond acceptors (Lipinski definition) is 5. The number of anilines is 1. The van der Waals surface area contributed by atoms with E-state index in [9.17, 15) is 5.11 Å². The smallest absolute Gasteiger partial charge is 0.172 e. The van der Waals surface area contributed by atoms with Gasteiger partial charge in [-0.3, -0.25) is 0 Å². The molecule has 2 rings (SSSR count). The first kappa shape index (κ1) is 13.3. The molecule has 1 heterocycles. The lowest BCUT2D eigenvalue weighted by Crippen LogP contribution is -2.12. The number of methoxy groups -OCH3 is 1. The second-order valence-corrected chi connectivity index (χ2v) is 5.44.